The van der Waals surface area contributed by atoms with Crippen LogP contribution in [0.1, 0.15) is 57.8 Å². The van der Waals surface area contributed by atoms with Gasteiger partial charge in [-0.25, -0.2) is 0 Å². The second kappa shape index (κ2) is 5.16. The van der Waals surface area contributed by atoms with Gasteiger partial charge in [-0.2, -0.15) is 0 Å². The minimum Gasteiger partial charge on any atom is -0.328 e. The van der Waals surface area contributed by atoms with E-state index < -0.39 is 0 Å². The summed E-state index contributed by atoms with van der Waals surface area (Å²) in [6, 6.07) is 0.515. The molecule has 2 aliphatic rings. The zero-order valence-corrected chi connectivity index (χ0v) is 9.25. The largest absolute Gasteiger partial charge is 0.328 e. The van der Waals surface area contributed by atoms with Gasteiger partial charge in [0.05, 0.1) is 0 Å². The molecule has 1 unspecified atom stereocenters. The van der Waals surface area contributed by atoms with E-state index in [-0.39, 0.29) is 0 Å². The molecule has 0 saturated heterocycles. The minimum absolute atomic E-state index is 0.515. The van der Waals surface area contributed by atoms with E-state index in [1.165, 1.54) is 57.8 Å². The molecule has 2 aliphatic carbocycles. The minimum atomic E-state index is 0.515. The molecule has 0 aromatic heterocycles. The summed E-state index contributed by atoms with van der Waals surface area (Å²) in [5.74, 6) is 1.94. The predicted octanol–water partition coefficient (Wildman–Crippen LogP) is 3.29. The predicted molar refractivity (Wildman–Crippen MR) is 60.8 cm³/mol. The first-order chi connectivity index (χ1) is 6.84. The average Bonchev–Trinajstić information content (AvgIpc) is 2.23. The van der Waals surface area contributed by atoms with Crippen molar-refractivity contribution < 1.29 is 0 Å². The molecule has 1 radical (unpaired) electrons. The van der Waals surface area contributed by atoms with E-state index in [0.29, 0.717) is 6.04 Å². The quantitative estimate of drug-likeness (QED) is 0.717. The van der Waals surface area contributed by atoms with Gasteiger partial charge >= 0.3 is 0 Å². The Balaban J connectivity index is 1.68. The molecular weight excluding hydrogens is 170 g/mol. The second-order valence-electron chi connectivity index (χ2n) is 5.30. The summed E-state index contributed by atoms with van der Waals surface area (Å²) in [6.45, 7) is 0. The summed E-state index contributed by atoms with van der Waals surface area (Å²) < 4.78 is 0. The van der Waals surface area contributed by atoms with Crippen LogP contribution in [-0.2, 0) is 0 Å². The molecule has 0 amide bonds. The number of hydrogen-bond acceptors (Lipinski definition) is 1. The lowest BCUT2D eigenvalue weighted by Crippen LogP contribution is -2.27. The molecule has 1 heteroatoms. The molecule has 0 aromatic carbocycles. The first-order valence-corrected chi connectivity index (χ1v) is 6.43. The van der Waals surface area contributed by atoms with Crippen molar-refractivity contribution in [1.82, 2.24) is 0 Å². The molecule has 0 spiro atoms. The standard InChI is InChI=1S/C13H24N/c14-13-8-6-12(7-9-13)10-11-4-2-1-3-5-11/h4,11-13H,1-3,5-10,14H2. The lowest BCUT2D eigenvalue weighted by molar-refractivity contribution is 0.263. The number of rotatable bonds is 2. The highest BCUT2D eigenvalue weighted by Crippen LogP contribution is 2.34. The van der Waals surface area contributed by atoms with Gasteiger partial charge in [0.2, 0.25) is 0 Å². The molecule has 2 saturated carbocycles. The summed E-state index contributed by atoms with van der Waals surface area (Å²) in [4.78, 5) is 0. The molecule has 0 aromatic rings. The van der Waals surface area contributed by atoms with Crippen LogP contribution in [0, 0.1) is 18.3 Å². The van der Waals surface area contributed by atoms with Crippen molar-refractivity contribution in [3.8, 4) is 0 Å². The van der Waals surface area contributed by atoms with Crippen LogP contribution in [0.3, 0.4) is 0 Å². The summed E-state index contributed by atoms with van der Waals surface area (Å²) in [7, 11) is 0. The van der Waals surface area contributed by atoms with E-state index in [1.54, 1.807) is 0 Å². The monoisotopic (exact) mass is 194 g/mol. The van der Waals surface area contributed by atoms with Gasteiger partial charge in [0.25, 0.3) is 0 Å². The van der Waals surface area contributed by atoms with Gasteiger partial charge in [0.15, 0.2) is 0 Å². The van der Waals surface area contributed by atoms with E-state index in [4.69, 9.17) is 5.73 Å². The van der Waals surface area contributed by atoms with Crippen LogP contribution < -0.4 is 5.73 Å². The highest BCUT2D eigenvalue weighted by molar-refractivity contribution is 4.84. The van der Waals surface area contributed by atoms with Crippen molar-refractivity contribution in [1.29, 1.82) is 0 Å². The Kier molecular flexibility index (Phi) is 3.86. The summed E-state index contributed by atoms with van der Waals surface area (Å²) >= 11 is 0. The molecular formula is C13H24N. The molecule has 2 fully saturated rings. The Morgan fingerprint density at radius 3 is 2.43 bits per heavy atom. The van der Waals surface area contributed by atoms with E-state index >= 15 is 0 Å². The van der Waals surface area contributed by atoms with Gasteiger partial charge in [-0.15, -0.1) is 0 Å². The van der Waals surface area contributed by atoms with Crippen LogP contribution in [0.4, 0.5) is 0 Å². The van der Waals surface area contributed by atoms with Gasteiger partial charge in [0.1, 0.15) is 0 Å². The maximum absolute atomic E-state index is 5.92. The number of nitrogens with two attached hydrogens (primary N) is 1. The topological polar surface area (TPSA) is 26.0 Å². The van der Waals surface area contributed by atoms with Crippen LogP contribution in [-0.4, -0.2) is 6.04 Å². The summed E-state index contributed by atoms with van der Waals surface area (Å²) in [5, 5.41) is 0. The van der Waals surface area contributed by atoms with E-state index in [2.05, 4.69) is 6.42 Å². The van der Waals surface area contributed by atoms with Crippen LogP contribution in [0.2, 0.25) is 0 Å². The van der Waals surface area contributed by atoms with Gasteiger partial charge in [-0.3, -0.25) is 0 Å². The van der Waals surface area contributed by atoms with Crippen molar-refractivity contribution in [2.75, 3.05) is 0 Å². The first kappa shape index (κ1) is 10.5. The molecule has 1 atom stereocenters. The molecule has 1 nitrogen and oxygen atoms in total. The zero-order valence-electron chi connectivity index (χ0n) is 9.25. The third kappa shape index (κ3) is 2.98. The smallest absolute Gasteiger partial charge is 0.00390 e. The highest BCUT2D eigenvalue weighted by atomic mass is 14.6. The molecule has 0 bridgehead atoms. The third-order valence-electron chi connectivity index (χ3n) is 4.06. The Bertz CT molecular complexity index is 153. The molecule has 0 heterocycles. The number of hydrogen-bond donors (Lipinski definition) is 1. The highest BCUT2D eigenvalue weighted by Gasteiger charge is 2.22. The van der Waals surface area contributed by atoms with Crippen molar-refractivity contribution in [3.05, 3.63) is 6.42 Å². The average molecular weight is 194 g/mol. The van der Waals surface area contributed by atoms with Gasteiger partial charge < -0.3 is 5.73 Å². The van der Waals surface area contributed by atoms with E-state index in [1.807, 2.05) is 0 Å². The Labute approximate surface area is 88.4 Å². The van der Waals surface area contributed by atoms with Crippen LogP contribution in [0.25, 0.3) is 0 Å². The molecule has 81 valence electrons. The fraction of sp³-hybridized carbons (Fsp3) is 0.923. The Hall–Kier alpha value is -0.0400. The SMILES string of the molecule is NC1CCC(CC2[CH]CCCC2)CC1. The molecule has 14 heavy (non-hydrogen) atoms. The lowest BCUT2D eigenvalue weighted by atomic mass is 9.77. The fourth-order valence-corrected chi connectivity index (χ4v) is 3.09. The summed E-state index contributed by atoms with van der Waals surface area (Å²) in [5.41, 5.74) is 5.92. The summed E-state index contributed by atoms with van der Waals surface area (Å²) in [6.07, 6.45) is 15.1. The fourth-order valence-electron chi connectivity index (χ4n) is 3.09. The lowest BCUT2D eigenvalue weighted by Gasteiger charge is -2.30. The van der Waals surface area contributed by atoms with Crippen molar-refractivity contribution >= 4 is 0 Å². The van der Waals surface area contributed by atoms with E-state index in [9.17, 15) is 0 Å². The van der Waals surface area contributed by atoms with Crippen LogP contribution in [0.5, 0.6) is 0 Å². The maximum Gasteiger partial charge on any atom is 0.00390 e. The molecule has 2 rings (SSSR count). The Morgan fingerprint density at radius 1 is 1.00 bits per heavy atom. The van der Waals surface area contributed by atoms with Crippen molar-refractivity contribution in [2.24, 2.45) is 17.6 Å². The van der Waals surface area contributed by atoms with E-state index in [0.717, 1.165) is 11.8 Å². The van der Waals surface area contributed by atoms with Gasteiger partial charge in [-0.05, 0) is 56.8 Å². The van der Waals surface area contributed by atoms with Crippen LogP contribution in [0.15, 0.2) is 0 Å². The molecule has 0 aliphatic heterocycles. The zero-order chi connectivity index (χ0) is 9.80. The second-order valence-corrected chi connectivity index (χ2v) is 5.30. The first-order valence-electron chi connectivity index (χ1n) is 6.43. The maximum atomic E-state index is 5.92. The van der Waals surface area contributed by atoms with Crippen molar-refractivity contribution in [2.45, 2.75) is 63.8 Å². The van der Waals surface area contributed by atoms with Crippen molar-refractivity contribution in [3.63, 3.8) is 0 Å². The Morgan fingerprint density at radius 2 is 1.79 bits per heavy atom. The van der Waals surface area contributed by atoms with Gasteiger partial charge in [-0.1, -0.05) is 19.3 Å². The molecule has 2 N–H and O–H groups in total. The normalized spacial score (nSPS) is 35.8. The van der Waals surface area contributed by atoms with Gasteiger partial charge in [0, 0.05) is 6.04 Å². The third-order valence-corrected chi connectivity index (χ3v) is 4.06. The van der Waals surface area contributed by atoms with Crippen LogP contribution >= 0.6 is 0 Å².